The lowest BCUT2D eigenvalue weighted by Gasteiger charge is -2.20. The van der Waals surface area contributed by atoms with Gasteiger partial charge in [-0.15, -0.1) is 0 Å². The van der Waals surface area contributed by atoms with Crippen LogP contribution < -0.4 is 15.4 Å². The van der Waals surface area contributed by atoms with Crippen LogP contribution in [0.15, 0.2) is 29.2 Å². The van der Waals surface area contributed by atoms with E-state index in [9.17, 15) is 13.2 Å². The van der Waals surface area contributed by atoms with Crippen LogP contribution in [-0.4, -0.2) is 25.0 Å². The molecule has 1 aromatic carbocycles. The van der Waals surface area contributed by atoms with Crippen LogP contribution in [0.1, 0.15) is 53.4 Å². The molecule has 6 nitrogen and oxygen atoms in total. The molecular weight excluding hydrogens is 358 g/mol. The Kier molecular flexibility index (Phi) is 7.98. The Hall–Kier alpha value is -1.51. The van der Waals surface area contributed by atoms with Crippen molar-refractivity contribution in [3.63, 3.8) is 0 Å². The Balaban J connectivity index is 2.62. The van der Waals surface area contributed by atoms with Crippen molar-refractivity contribution < 1.29 is 13.2 Å². The third kappa shape index (κ3) is 8.42. The van der Waals surface area contributed by atoms with E-state index in [0.717, 1.165) is 19.3 Å². The highest BCUT2D eigenvalue weighted by Gasteiger charge is 2.21. The molecule has 0 atom stereocenters. The van der Waals surface area contributed by atoms with Crippen LogP contribution >= 0.6 is 12.2 Å². The van der Waals surface area contributed by atoms with Crippen LogP contribution in [0.3, 0.4) is 0 Å². The van der Waals surface area contributed by atoms with E-state index in [2.05, 4.69) is 22.3 Å². The Bertz CT molecular complexity index is 693. The molecule has 0 heterocycles. The highest BCUT2D eigenvalue weighted by Crippen LogP contribution is 2.16. The molecule has 0 aliphatic carbocycles. The normalized spacial score (nSPS) is 11.8. The third-order valence-electron chi connectivity index (χ3n) is 3.12. The Morgan fingerprint density at radius 2 is 1.72 bits per heavy atom. The first-order chi connectivity index (χ1) is 11.5. The number of hydrogen-bond donors (Lipinski definition) is 3. The highest BCUT2D eigenvalue weighted by molar-refractivity contribution is 7.89. The molecule has 8 heteroatoms. The van der Waals surface area contributed by atoms with E-state index in [4.69, 9.17) is 12.2 Å². The molecule has 0 saturated heterocycles. The topological polar surface area (TPSA) is 87.3 Å². The van der Waals surface area contributed by atoms with Gasteiger partial charge >= 0.3 is 0 Å². The molecule has 0 fully saturated rings. The van der Waals surface area contributed by atoms with Gasteiger partial charge in [0.2, 0.25) is 15.9 Å². The lowest BCUT2D eigenvalue weighted by molar-refractivity contribution is -0.119. The fraction of sp³-hybridized carbons (Fsp3) is 0.529. The summed E-state index contributed by atoms with van der Waals surface area (Å²) < 4.78 is 27.1. The first-order valence-electron chi connectivity index (χ1n) is 8.28. The average molecular weight is 386 g/mol. The minimum absolute atomic E-state index is 0.125. The molecule has 0 unspecified atom stereocenters. The fourth-order valence-electron chi connectivity index (χ4n) is 2.07. The molecular formula is C17H27N3O3S2. The van der Waals surface area contributed by atoms with Crippen molar-refractivity contribution in [3.8, 4) is 0 Å². The largest absolute Gasteiger partial charge is 0.332 e. The van der Waals surface area contributed by atoms with Gasteiger partial charge in [0.15, 0.2) is 5.11 Å². The summed E-state index contributed by atoms with van der Waals surface area (Å²) in [5.41, 5.74) is 0.0490. The molecule has 0 aliphatic heterocycles. The van der Waals surface area contributed by atoms with Gasteiger partial charge in [-0.3, -0.25) is 4.79 Å². The minimum Gasteiger partial charge on any atom is -0.332 e. The average Bonchev–Trinajstić information content (AvgIpc) is 2.45. The zero-order valence-electron chi connectivity index (χ0n) is 15.2. The van der Waals surface area contributed by atoms with Crippen molar-refractivity contribution in [3.05, 3.63) is 24.3 Å². The maximum Gasteiger partial charge on any atom is 0.241 e. The maximum atomic E-state index is 12.2. The van der Waals surface area contributed by atoms with Gasteiger partial charge in [0.1, 0.15) is 0 Å². The van der Waals surface area contributed by atoms with Gasteiger partial charge in [-0.05, 0) is 63.7 Å². The summed E-state index contributed by atoms with van der Waals surface area (Å²) >= 11 is 5.10. The SMILES string of the molecule is CCCCCC(=O)NC(=S)Nc1ccc(S(=O)(=O)NC(C)(C)C)cc1. The summed E-state index contributed by atoms with van der Waals surface area (Å²) in [5.74, 6) is -0.125. The summed E-state index contributed by atoms with van der Waals surface area (Å²) in [4.78, 5) is 11.9. The number of nitrogens with one attached hydrogen (secondary N) is 3. The summed E-state index contributed by atoms with van der Waals surface area (Å²) in [6.07, 6.45) is 3.32. The van der Waals surface area contributed by atoms with Gasteiger partial charge in [0.05, 0.1) is 4.90 Å². The van der Waals surface area contributed by atoms with Gasteiger partial charge in [-0.1, -0.05) is 19.8 Å². The van der Waals surface area contributed by atoms with Gasteiger partial charge in [0.25, 0.3) is 0 Å². The van der Waals surface area contributed by atoms with Crippen LogP contribution in [0.25, 0.3) is 0 Å². The van der Waals surface area contributed by atoms with E-state index in [-0.39, 0.29) is 15.9 Å². The Morgan fingerprint density at radius 3 is 2.24 bits per heavy atom. The van der Waals surface area contributed by atoms with E-state index in [0.29, 0.717) is 12.1 Å². The number of rotatable bonds is 7. The molecule has 0 radical (unpaired) electrons. The van der Waals surface area contributed by atoms with Crippen molar-refractivity contribution in [2.45, 2.75) is 63.8 Å². The Labute approximate surface area is 155 Å². The molecule has 0 saturated carbocycles. The molecule has 140 valence electrons. The van der Waals surface area contributed by atoms with Crippen molar-refractivity contribution in [1.82, 2.24) is 10.0 Å². The summed E-state index contributed by atoms with van der Waals surface area (Å²) in [5, 5.41) is 5.69. The zero-order valence-corrected chi connectivity index (χ0v) is 16.8. The van der Waals surface area contributed by atoms with E-state index in [1.807, 2.05) is 0 Å². The van der Waals surface area contributed by atoms with Gasteiger partial charge in [-0.25, -0.2) is 13.1 Å². The molecule has 1 aromatic rings. The quantitative estimate of drug-likeness (QED) is 0.496. The van der Waals surface area contributed by atoms with Crippen molar-refractivity contribution in [1.29, 1.82) is 0 Å². The number of carbonyl (C=O) groups is 1. The number of carbonyl (C=O) groups excluding carboxylic acids is 1. The molecule has 1 rings (SSSR count). The minimum atomic E-state index is -3.58. The highest BCUT2D eigenvalue weighted by atomic mass is 32.2. The predicted octanol–water partition coefficient (Wildman–Crippen LogP) is 3.16. The van der Waals surface area contributed by atoms with Crippen LogP contribution in [0, 0.1) is 0 Å². The second kappa shape index (κ2) is 9.26. The van der Waals surface area contributed by atoms with Crippen molar-refractivity contribution in [2.75, 3.05) is 5.32 Å². The first-order valence-corrected chi connectivity index (χ1v) is 10.2. The predicted molar refractivity (Wildman–Crippen MR) is 105 cm³/mol. The molecule has 0 bridgehead atoms. The van der Waals surface area contributed by atoms with Crippen LogP contribution in [0.5, 0.6) is 0 Å². The summed E-state index contributed by atoms with van der Waals surface area (Å²) in [6, 6.07) is 6.18. The molecule has 1 amide bonds. The van der Waals surface area contributed by atoms with Crippen molar-refractivity contribution in [2.24, 2.45) is 0 Å². The number of benzene rings is 1. The second-order valence-electron chi connectivity index (χ2n) is 6.84. The molecule has 0 aromatic heterocycles. The lowest BCUT2D eigenvalue weighted by Crippen LogP contribution is -2.40. The van der Waals surface area contributed by atoms with Gasteiger partial charge in [0, 0.05) is 17.6 Å². The first kappa shape index (κ1) is 21.5. The molecule has 25 heavy (non-hydrogen) atoms. The van der Waals surface area contributed by atoms with Crippen LogP contribution in [0.2, 0.25) is 0 Å². The number of anilines is 1. The van der Waals surface area contributed by atoms with Gasteiger partial charge in [-0.2, -0.15) is 0 Å². The summed E-state index contributed by atoms with van der Waals surface area (Å²) in [7, 11) is -3.58. The van der Waals surface area contributed by atoms with Crippen molar-refractivity contribution >= 4 is 38.9 Å². The number of thiocarbonyl (C=S) groups is 1. The number of sulfonamides is 1. The monoisotopic (exact) mass is 385 g/mol. The zero-order chi connectivity index (χ0) is 19.1. The standard InChI is InChI=1S/C17H27N3O3S2/c1-5-6-7-8-15(21)19-16(24)18-13-9-11-14(12-10-13)25(22,23)20-17(2,3)4/h9-12,20H,5-8H2,1-4H3,(H2,18,19,21,24). The van der Waals surface area contributed by atoms with Crippen LogP contribution in [0.4, 0.5) is 5.69 Å². The lowest BCUT2D eigenvalue weighted by atomic mass is 10.1. The molecule has 0 spiro atoms. The van der Waals surface area contributed by atoms with Gasteiger partial charge < -0.3 is 10.6 Å². The van der Waals surface area contributed by atoms with E-state index in [1.54, 1.807) is 32.9 Å². The summed E-state index contributed by atoms with van der Waals surface area (Å²) in [6.45, 7) is 7.41. The number of hydrogen-bond acceptors (Lipinski definition) is 4. The molecule has 3 N–H and O–H groups in total. The Morgan fingerprint density at radius 1 is 1.12 bits per heavy atom. The third-order valence-corrected chi connectivity index (χ3v) is 5.10. The molecule has 0 aliphatic rings. The van der Waals surface area contributed by atoms with E-state index in [1.165, 1.54) is 12.1 Å². The smallest absolute Gasteiger partial charge is 0.241 e. The number of unbranched alkanes of at least 4 members (excludes halogenated alkanes) is 2. The fourth-order valence-corrected chi connectivity index (χ4v) is 3.72. The second-order valence-corrected chi connectivity index (χ2v) is 8.93. The maximum absolute atomic E-state index is 12.2. The number of amides is 1. The van der Waals surface area contributed by atoms with E-state index >= 15 is 0 Å². The van der Waals surface area contributed by atoms with E-state index < -0.39 is 15.6 Å². The van der Waals surface area contributed by atoms with Crippen LogP contribution in [-0.2, 0) is 14.8 Å².